The van der Waals surface area contributed by atoms with Crippen molar-refractivity contribution in [1.29, 1.82) is 0 Å². The van der Waals surface area contributed by atoms with Crippen LogP contribution in [0.3, 0.4) is 0 Å². The lowest BCUT2D eigenvalue weighted by Gasteiger charge is -2.33. The predicted molar refractivity (Wildman–Crippen MR) is 75.7 cm³/mol. The van der Waals surface area contributed by atoms with Gasteiger partial charge in [-0.3, -0.25) is 5.10 Å². The van der Waals surface area contributed by atoms with Gasteiger partial charge in [-0.2, -0.15) is 5.10 Å². The number of rotatable bonds is 2. The molecule has 1 aromatic carbocycles. The maximum atomic E-state index is 4.06. The summed E-state index contributed by atoms with van der Waals surface area (Å²) in [4.78, 5) is 0. The van der Waals surface area contributed by atoms with Gasteiger partial charge in [0.05, 0.1) is 11.7 Å². The Morgan fingerprint density at radius 1 is 1.28 bits per heavy atom. The minimum Gasteiger partial charge on any atom is -0.382 e. The van der Waals surface area contributed by atoms with E-state index in [9.17, 15) is 0 Å². The van der Waals surface area contributed by atoms with Crippen molar-refractivity contribution >= 4 is 16.6 Å². The fraction of sp³-hybridized carbons (Fsp3) is 0.533. The van der Waals surface area contributed by atoms with Crippen molar-refractivity contribution in [3.63, 3.8) is 0 Å². The van der Waals surface area contributed by atoms with E-state index >= 15 is 0 Å². The molecule has 0 amide bonds. The van der Waals surface area contributed by atoms with Crippen molar-refractivity contribution in [1.82, 2.24) is 10.2 Å². The smallest absolute Gasteiger partial charge is 0.0651 e. The van der Waals surface area contributed by atoms with Crippen LogP contribution in [0, 0.1) is 11.8 Å². The Bertz CT molecular complexity index is 531. The molecule has 96 valence electrons. The molecule has 3 nitrogen and oxygen atoms in total. The molecule has 1 aromatic heterocycles. The molecule has 2 N–H and O–H groups in total. The number of anilines is 1. The highest BCUT2D eigenvalue weighted by Crippen LogP contribution is 2.31. The molecule has 0 spiro atoms. The Morgan fingerprint density at radius 3 is 3.00 bits per heavy atom. The third kappa shape index (κ3) is 2.22. The zero-order valence-electron chi connectivity index (χ0n) is 11.1. The van der Waals surface area contributed by atoms with Gasteiger partial charge >= 0.3 is 0 Å². The van der Waals surface area contributed by atoms with Crippen LogP contribution in [0.5, 0.6) is 0 Å². The van der Waals surface area contributed by atoms with Crippen LogP contribution in [0.15, 0.2) is 24.4 Å². The molecule has 18 heavy (non-hydrogen) atoms. The SMILES string of the molecule is CC1CCC(Nc2ccc3[nH]ncc3c2)C(C)C1. The van der Waals surface area contributed by atoms with Gasteiger partial charge in [-0.1, -0.05) is 13.8 Å². The number of aromatic nitrogens is 2. The molecule has 0 bridgehead atoms. The Balaban J connectivity index is 1.75. The molecular formula is C15H21N3. The van der Waals surface area contributed by atoms with Gasteiger partial charge in [0.15, 0.2) is 0 Å². The zero-order valence-corrected chi connectivity index (χ0v) is 11.1. The second kappa shape index (κ2) is 4.63. The molecule has 0 radical (unpaired) electrons. The Morgan fingerprint density at radius 2 is 2.17 bits per heavy atom. The Kier molecular flexibility index (Phi) is 2.98. The molecule has 2 aromatic rings. The Hall–Kier alpha value is -1.51. The second-order valence-electron chi connectivity index (χ2n) is 5.82. The molecule has 1 heterocycles. The van der Waals surface area contributed by atoms with Crippen LogP contribution in [0.25, 0.3) is 10.9 Å². The molecule has 3 atom stereocenters. The van der Waals surface area contributed by atoms with Crippen LogP contribution in [0.1, 0.15) is 33.1 Å². The molecule has 0 aliphatic heterocycles. The molecule has 3 heteroatoms. The molecule has 1 aliphatic rings. The molecule has 1 fully saturated rings. The van der Waals surface area contributed by atoms with Gasteiger partial charge < -0.3 is 5.32 Å². The van der Waals surface area contributed by atoms with Gasteiger partial charge in [-0.15, -0.1) is 0 Å². The summed E-state index contributed by atoms with van der Waals surface area (Å²) < 4.78 is 0. The first kappa shape index (κ1) is 11.6. The molecule has 0 saturated heterocycles. The summed E-state index contributed by atoms with van der Waals surface area (Å²) in [6, 6.07) is 7.04. The maximum Gasteiger partial charge on any atom is 0.0651 e. The lowest BCUT2D eigenvalue weighted by molar-refractivity contribution is 0.276. The fourth-order valence-electron chi connectivity index (χ4n) is 3.13. The lowest BCUT2D eigenvalue weighted by Crippen LogP contribution is -2.32. The van der Waals surface area contributed by atoms with Gasteiger partial charge in [0.2, 0.25) is 0 Å². The van der Waals surface area contributed by atoms with Crippen LogP contribution in [-0.4, -0.2) is 16.2 Å². The van der Waals surface area contributed by atoms with E-state index in [0.29, 0.717) is 6.04 Å². The Labute approximate surface area is 108 Å². The monoisotopic (exact) mass is 243 g/mol. The number of hydrogen-bond acceptors (Lipinski definition) is 2. The summed E-state index contributed by atoms with van der Waals surface area (Å²) in [5, 5.41) is 11.9. The fourth-order valence-corrected chi connectivity index (χ4v) is 3.13. The van der Waals surface area contributed by atoms with Crippen molar-refractivity contribution in [2.75, 3.05) is 5.32 Å². The molecular weight excluding hydrogens is 222 g/mol. The van der Waals surface area contributed by atoms with E-state index in [1.807, 2.05) is 6.20 Å². The minimum atomic E-state index is 0.616. The normalized spacial score (nSPS) is 28.4. The van der Waals surface area contributed by atoms with Gasteiger partial charge in [0.25, 0.3) is 0 Å². The number of H-pyrrole nitrogens is 1. The van der Waals surface area contributed by atoms with Crippen LogP contribution < -0.4 is 5.32 Å². The van der Waals surface area contributed by atoms with Gasteiger partial charge in [0, 0.05) is 17.1 Å². The number of fused-ring (bicyclic) bond motifs is 1. The summed E-state index contributed by atoms with van der Waals surface area (Å²) >= 11 is 0. The lowest BCUT2D eigenvalue weighted by atomic mass is 9.80. The van der Waals surface area contributed by atoms with Crippen molar-refractivity contribution < 1.29 is 0 Å². The van der Waals surface area contributed by atoms with E-state index in [-0.39, 0.29) is 0 Å². The standard InChI is InChI=1S/C15H21N3/c1-10-3-5-14(11(2)7-10)17-13-4-6-15-12(8-13)9-16-18-15/h4,6,8-11,14,17H,3,5,7H2,1-2H3,(H,16,18). The van der Waals surface area contributed by atoms with Crippen molar-refractivity contribution in [2.45, 2.75) is 39.2 Å². The van der Waals surface area contributed by atoms with Gasteiger partial charge in [-0.05, 0) is 49.3 Å². The van der Waals surface area contributed by atoms with Crippen LogP contribution in [0.4, 0.5) is 5.69 Å². The van der Waals surface area contributed by atoms with Crippen LogP contribution in [-0.2, 0) is 0 Å². The summed E-state index contributed by atoms with van der Waals surface area (Å²) in [5.74, 6) is 1.64. The molecule has 3 rings (SSSR count). The van der Waals surface area contributed by atoms with Crippen LogP contribution >= 0.6 is 0 Å². The number of nitrogens with zero attached hydrogens (tertiary/aromatic N) is 1. The van der Waals surface area contributed by atoms with Crippen molar-refractivity contribution in [3.05, 3.63) is 24.4 Å². The van der Waals surface area contributed by atoms with E-state index in [2.05, 4.69) is 47.6 Å². The van der Waals surface area contributed by atoms with E-state index in [1.54, 1.807) is 0 Å². The third-order valence-corrected chi connectivity index (χ3v) is 4.22. The third-order valence-electron chi connectivity index (χ3n) is 4.22. The second-order valence-corrected chi connectivity index (χ2v) is 5.82. The highest BCUT2D eigenvalue weighted by Gasteiger charge is 2.24. The summed E-state index contributed by atoms with van der Waals surface area (Å²) in [5.41, 5.74) is 2.32. The van der Waals surface area contributed by atoms with E-state index in [0.717, 1.165) is 17.4 Å². The van der Waals surface area contributed by atoms with Crippen molar-refractivity contribution in [2.24, 2.45) is 11.8 Å². The highest BCUT2D eigenvalue weighted by molar-refractivity contribution is 5.81. The van der Waals surface area contributed by atoms with Crippen molar-refractivity contribution in [3.8, 4) is 0 Å². The molecule has 3 unspecified atom stereocenters. The highest BCUT2D eigenvalue weighted by atomic mass is 15.1. The maximum absolute atomic E-state index is 4.06. The topological polar surface area (TPSA) is 40.7 Å². The number of aromatic amines is 1. The first-order valence-corrected chi connectivity index (χ1v) is 6.92. The predicted octanol–water partition coefficient (Wildman–Crippen LogP) is 3.80. The van der Waals surface area contributed by atoms with Gasteiger partial charge in [0.1, 0.15) is 0 Å². The van der Waals surface area contributed by atoms with Gasteiger partial charge in [-0.25, -0.2) is 0 Å². The van der Waals surface area contributed by atoms with E-state index in [1.165, 1.54) is 30.3 Å². The summed E-state index contributed by atoms with van der Waals surface area (Å²) in [6.45, 7) is 4.73. The van der Waals surface area contributed by atoms with E-state index in [4.69, 9.17) is 0 Å². The first-order chi connectivity index (χ1) is 8.72. The number of nitrogens with one attached hydrogen (secondary N) is 2. The average Bonchev–Trinajstić information content (AvgIpc) is 2.80. The first-order valence-electron chi connectivity index (χ1n) is 6.92. The molecule has 1 aliphatic carbocycles. The zero-order chi connectivity index (χ0) is 12.5. The summed E-state index contributed by atoms with van der Waals surface area (Å²) in [7, 11) is 0. The minimum absolute atomic E-state index is 0.616. The largest absolute Gasteiger partial charge is 0.382 e. The average molecular weight is 243 g/mol. The molecule has 1 saturated carbocycles. The van der Waals surface area contributed by atoms with Crippen LogP contribution in [0.2, 0.25) is 0 Å². The quantitative estimate of drug-likeness (QED) is 0.842. The number of benzene rings is 1. The summed E-state index contributed by atoms with van der Waals surface area (Å²) in [6.07, 6.45) is 5.85. The number of hydrogen-bond donors (Lipinski definition) is 2. The van der Waals surface area contributed by atoms with E-state index < -0.39 is 0 Å².